The Hall–Kier alpha value is -0.0400. The van der Waals surface area contributed by atoms with E-state index in [0.29, 0.717) is 0 Å². The van der Waals surface area contributed by atoms with E-state index in [0.717, 1.165) is 11.8 Å². The van der Waals surface area contributed by atoms with Crippen LogP contribution in [0.2, 0.25) is 0 Å². The first-order valence-electron chi connectivity index (χ1n) is 7.34. The van der Waals surface area contributed by atoms with Gasteiger partial charge in [-0.25, -0.2) is 0 Å². The molecule has 16 heavy (non-hydrogen) atoms. The number of hydrogen-bond donors (Lipinski definition) is 1. The Labute approximate surface area is 102 Å². The molecule has 0 saturated heterocycles. The molecule has 0 spiro atoms. The van der Waals surface area contributed by atoms with E-state index in [9.17, 15) is 0 Å². The van der Waals surface area contributed by atoms with Crippen LogP contribution in [0.1, 0.15) is 78.6 Å². The van der Waals surface area contributed by atoms with Gasteiger partial charge in [0.2, 0.25) is 0 Å². The minimum Gasteiger partial charge on any atom is -0.325 e. The zero-order valence-electron chi connectivity index (χ0n) is 11.6. The molecule has 1 fully saturated rings. The number of rotatable bonds is 6. The van der Waals surface area contributed by atoms with E-state index < -0.39 is 0 Å². The van der Waals surface area contributed by atoms with E-state index in [1.165, 1.54) is 57.8 Å². The summed E-state index contributed by atoms with van der Waals surface area (Å²) < 4.78 is 0. The quantitative estimate of drug-likeness (QED) is 0.707. The lowest BCUT2D eigenvalue weighted by atomic mass is 9.73. The van der Waals surface area contributed by atoms with Crippen LogP contribution < -0.4 is 5.73 Å². The summed E-state index contributed by atoms with van der Waals surface area (Å²) in [5.74, 6) is 1.81. The molecule has 1 aliphatic rings. The van der Waals surface area contributed by atoms with Gasteiger partial charge in [-0.3, -0.25) is 0 Å². The first-order valence-corrected chi connectivity index (χ1v) is 7.34. The van der Waals surface area contributed by atoms with E-state index in [2.05, 4.69) is 20.8 Å². The molecule has 0 aromatic rings. The summed E-state index contributed by atoms with van der Waals surface area (Å²) in [6, 6.07) is 0. The third kappa shape index (κ3) is 4.86. The molecule has 0 atom stereocenters. The van der Waals surface area contributed by atoms with Gasteiger partial charge in [-0.15, -0.1) is 0 Å². The van der Waals surface area contributed by atoms with Crippen molar-refractivity contribution in [3.8, 4) is 0 Å². The zero-order chi connectivity index (χ0) is 12.0. The molecule has 1 aliphatic carbocycles. The average molecular weight is 225 g/mol. The molecule has 0 radical (unpaired) electrons. The van der Waals surface area contributed by atoms with Gasteiger partial charge in [0.1, 0.15) is 0 Å². The summed E-state index contributed by atoms with van der Waals surface area (Å²) in [4.78, 5) is 0. The molecule has 1 nitrogen and oxygen atoms in total. The van der Waals surface area contributed by atoms with E-state index in [1.807, 2.05) is 0 Å². The van der Waals surface area contributed by atoms with Crippen molar-refractivity contribution in [2.75, 3.05) is 0 Å². The second kappa shape index (κ2) is 6.64. The lowest BCUT2D eigenvalue weighted by Gasteiger charge is -2.37. The Bertz CT molecular complexity index is 178. The van der Waals surface area contributed by atoms with Crippen LogP contribution in [0, 0.1) is 11.8 Å². The summed E-state index contributed by atoms with van der Waals surface area (Å²) in [7, 11) is 0. The van der Waals surface area contributed by atoms with Crippen LogP contribution in [-0.2, 0) is 0 Å². The van der Waals surface area contributed by atoms with Crippen molar-refractivity contribution in [3.63, 3.8) is 0 Å². The minimum absolute atomic E-state index is 0.194. The molecule has 1 rings (SSSR count). The van der Waals surface area contributed by atoms with Crippen molar-refractivity contribution >= 4 is 0 Å². The smallest absolute Gasteiger partial charge is 0.0154 e. The SMILES string of the molecule is CCCC1CCC(N)(CCCC(C)C)CC1. The molecule has 0 heterocycles. The number of hydrogen-bond acceptors (Lipinski definition) is 1. The average Bonchev–Trinajstić information content (AvgIpc) is 2.21. The summed E-state index contributed by atoms with van der Waals surface area (Å²) in [5, 5.41) is 0. The van der Waals surface area contributed by atoms with Crippen LogP contribution >= 0.6 is 0 Å². The molecule has 0 bridgehead atoms. The lowest BCUT2D eigenvalue weighted by molar-refractivity contribution is 0.207. The Morgan fingerprint density at radius 3 is 2.38 bits per heavy atom. The van der Waals surface area contributed by atoms with Crippen molar-refractivity contribution in [1.82, 2.24) is 0 Å². The van der Waals surface area contributed by atoms with Crippen LogP contribution in [-0.4, -0.2) is 5.54 Å². The summed E-state index contributed by atoms with van der Waals surface area (Å²) in [6.07, 6.45) is 12.0. The van der Waals surface area contributed by atoms with Crippen molar-refractivity contribution in [3.05, 3.63) is 0 Å². The Morgan fingerprint density at radius 1 is 1.25 bits per heavy atom. The highest BCUT2D eigenvalue weighted by Gasteiger charge is 2.30. The van der Waals surface area contributed by atoms with E-state index in [-0.39, 0.29) is 5.54 Å². The fourth-order valence-electron chi connectivity index (χ4n) is 3.06. The van der Waals surface area contributed by atoms with Crippen LogP contribution in [0.25, 0.3) is 0 Å². The second-order valence-corrected chi connectivity index (χ2v) is 6.38. The molecular weight excluding hydrogens is 194 g/mol. The predicted molar refractivity (Wildman–Crippen MR) is 72.5 cm³/mol. The van der Waals surface area contributed by atoms with Crippen molar-refractivity contribution in [2.24, 2.45) is 17.6 Å². The second-order valence-electron chi connectivity index (χ2n) is 6.38. The first kappa shape index (κ1) is 14.0. The largest absolute Gasteiger partial charge is 0.325 e. The Balaban J connectivity index is 2.21. The van der Waals surface area contributed by atoms with E-state index in [4.69, 9.17) is 5.73 Å². The van der Waals surface area contributed by atoms with Crippen LogP contribution in [0.4, 0.5) is 0 Å². The fraction of sp³-hybridized carbons (Fsp3) is 1.00. The highest BCUT2D eigenvalue weighted by molar-refractivity contribution is 4.89. The zero-order valence-corrected chi connectivity index (χ0v) is 11.6. The van der Waals surface area contributed by atoms with Crippen molar-refractivity contribution in [2.45, 2.75) is 84.1 Å². The summed E-state index contributed by atoms with van der Waals surface area (Å²) in [6.45, 7) is 6.91. The topological polar surface area (TPSA) is 26.0 Å². The standard InChI is InChI=1S/C15H31N/c1-4-6-14-8-11-15(16,12-9-14)10-5-7-13(2)3/h13-14H,4-12,16H2,1-3H3. The summed E-state index contributed by atoms with van der Waals surface area (Å²) in [5.41, 5.74) is 6.70. The Morgan fingerprint density at radius 2 is 1.88 bits per heavy atom. The highest BCUT2D eigenvalue weighted by atomic mass is 14.7. The molecule has 1 heteroatoms. The van der Waals surface area contributed by atoms with Gasteiger partial charge in [-0.1, -0.05) is 46.5 Å². The third-order valence-corrected chi connectivity index (χ3v) is 4.25. The molecular formula is C15H31N. The van der Waals surface area contributed by atoms with Gasteiger partial charge in [0.25, 0.3) is 0 Å². The molecule has 0 aliphatic heterocycles. The molecule has 0 aromatic carbocycles. The minimum atomic E-state index is 0.194. The number of nitrogens with two attached hydrogens (primary N) is 1. The van der Waals surface area contributed by atoms with Gasteiger partial charge in [-0.2, -0.15) is 0 Å². The van der Waals surface area contributed by atoms with Crippen LogP contribution in [0.3, 0.4) is 0 Å². The van der Waals surface area contributed by atoms with Gasteiger partial charge >= 0.3 is 0 Å². The maximum Gasteiger partial charge on any atom is 0.0154 e. The third-order valence-electron chi connectivity index (χ3n) is 4.25. The van der Waals surface area contributed by atoms with Gasteiger partial charge in [-0.05, 0) is 43.9 Å². The maximum atomic E-state index is 6.50. The van der Waals surface area contributed by atoms with Crippen LogP contribution in [0.5, 0.6) is 0 Å². The predicted octanol–water partition coefficient (Wildman–Crippen LogP) is 4.50. The highest BCUT2D eigenvalue weighted by Crippen LogP contribution is 2.35. The lowest BCUT2D eigenvalue weighted by Crippen LogP contribution is -2.43. The normalized spacial score (nSPS) is 30.9. The van der Waals surface area contributed by atoms with Gasteiger partial charge in [0, 0.05) is 5.54 Å². The van der Waals surface area contributed by atoms with Crippen molar-refractivity contribution < 1.29 is 0 Å². The molecule has 0 amide bonds. The van der Waals surface area contributed by atoms with Gasteiger partial charge < -0.3 is 5.73 Å². The van der Waals surface area contributed by atoms with Crippen LogP contribution in [0.15, 0.2) is 0 Å². The Kier molecular flexibility index (Phi) is 5.82. The molecule has 1 saturated carbocycles. The van der Waals surface area contributed by atoms with E-state index in [1.54, 1.807) is 0 Å². The molecule has 2 N–H and O–H groups in total. The molecule has 0 unspecified atom stereocenters. The molecule has 96 valence electrons. The van der Waals surface area contributed by atoms with Crippen molar-refractivity contribution in [1.29, 1.82) is 0 Å². The summed E-state index contributed by atoms with van der Waals surface area (Å²) >= 11 is 0. The fourth-order valence-corrected chi connectivity index (χ4v) is 3.06. The van der Waals surface area contributed by atoms with Gasteiger partial charge in [0.05, 0.1) is 0 Å². The van der Waals surface area contributed by atoms with Gasteiger partial charge in [0.15, 0.2) is 0 Å². The molecule has 0 aromatic heterocycles. The monoisotopic (exact) mass is 225 g/mol. The maximum absolute atomic E-state index is 6.50. The van der Waals surface area contributed by atoms with E-state index >= 15 is 0 Å². The first-order chi connectivity index (χ1) is 7.56.